The van der Waals surface area contributed by atoms with Crippen LogP contribution < -0.4 is 5.73 Å². The number of nitrogens with two attached hydrogens (primary N) is 1. The quantitative estimate of drug-likeness (QED) is 0.689. The van der Waals surface area contributed by atoms with Gasteiger partial charge in [0.05, 0.1) is 11.4 Å². The van der Waals surface area contributed by atoms with Crippen molar-refractivity contribution in [1.82, 2.24) is 4.90 Å². The molecule has 3 rings (SSSR count). The number of nitrogens with zero attached hydrogens (tertiary/aromatic N) is 1. The largest absolute Gasteiger partial charge is 0.399 e. The number of nitrogen functional groups attached to an aromatic ring is 1. The molecule has 23 heavy (non-hydrogen) atoms. The van der Waals surface area contributed by atoms with E-state index in [1.165, 1.54) is 4.90 Å². The van der Waals surface area contributed by atoms with Crippen molar-refractivity contribution in [3.8, 4) is 0 Å². The van der Waals surface area contributed by atoms with E-state index in [1.54, 1.807) is 18.2 Å². The monoisotopic (exact) mass is 324 g/mol. The minimum Gasteiger partial charge on any atom is -0.399 e. The normalized spacial score (nSPS) is 16.4. The summed E-state index contributed by atoms with van der Waals surface area (Å²) >= 11 is 0.971. The van der Waals surface area contributed by atoms with Gasteiger partial charge in [0, 0.05) is 5.69 Å². The standard InChI is InChI=1S/C18H16N2O2S/c1-12-2-4-14(5-3-12)11-20-17(21)16(23-18(20)22)10-13-6-8-15(19)9-7-13/h2-10H,11,19H2,1H3/b16-10-. The van der Waals surface area contributed by atoms with Gasteiger partial charge in [0.2, 0.25) is 0 Å². The Morgan fingerprint density at radius 1 is 1.04 bits per heavy atom. The van der Waals surface area contributed by atoms with Crippen LogP contribution >= 0.6 is 11.8 Å². The summed E-state index contributed by atoms with van der Waals surface area (Å²) in [7, 11) is 0. The molecule has 0 radical (unpaired) electrons. The number of carbonyl (C=O) groups excluding carboxylic acids is 2. The Balaban J connectivity index is 1.79. The number of thioether (sulfide) groups is 1. The molecule has 1 heterocycles. The zero-order chi connectivity index (χ0) is 16.4. The van der Waals surface area contributed by atoms with E-state index in [4.69, 9.17) is 5.73 Å². The molecule has 1 saturated heterocycles. The van der Waals surface area contributed by atoms with E-state index in [9.17, 15) is 9.59 Å². The molecule has 0 spiro atoms. The lowest BCUT2D eigenvalue weighted by atomic mass is 10.1. The highest BCUT2D eigenvalue weighted by Crippen LogP contribution is 2.33. The fraction of sp³-hybridized carbons (Fsp3) is 0.111. The lowest BCUT2D eigenvalue weighted by Gasteiger charge is -2.12. The second kappa shape index (κ2) is 6.30. The van der Waals surface area contributed by atoms with E-state index in [2.05, 4.69) is 0 Å². The molecular weight excluding hydrogens is 308 g/mol. The summed E-state index contributed by atoms with van der Waals surface area (Å²) in [4.78, 5) is 26.3. The van der Waals surface area contributed by atoms with Crippen LogP contribution in [0.2, 0.25) is 0 Å². The molecule has 1 aliphatic heterocycles. The summed E-state index contributed by atoms with van der Waals surface area (Å²) < 4.78 is 0. The lowest BCUT2D eigenvalue weighted by molar-refractivity contribution is -0.123. The number of aryl methyl sites for hydroxylation is 1. The van der Waals surface area contributed by atoms with E-state index < -0.39 is 0 Å². The van der Waals surface area contributed by atoms with Crippen molar-refractivity contribution < 1.29 is 9.59 Å². The van der Waals surface area contributed by atoms with Crippen LogP contribution in [0.5, 0.6) is 0 Å². The highest BCUT2D eigenvalue weighted by Gasteiger charge is 2.34. The van der Waals surface area contributed by atoms with Crippen LogP contribution in [0.1, 0.15) is 16.7 Å². The van der Waals surface area contributed by atoms with Crippen LogP contribution in [-0.2, 0) is 11.3 Å². The number of hydrogen-bond donors (Lipinski definition) is 1. The van der Waals surface area contributed by atoms with Gasteiger partial charge in [-0.25, -0.2) is 0 Å². The number of anilines is 1. The number of amides is 2. The number of benzene rings is 2. The average Bonchev–Trinajstić information content (AvgIpc) is 2.79. The molecule has 2 N–H and O–H groups in total. The summed E-state index contributed by atoms with van der Waals surface area (Å²) in [5, 5.41) is -0.239. The van der Waals surface area contributed by atoms with Crippen LogP contribution in [0.4, 0.5) is 10.5 Å². The van der Waals surface area contributed by atoms with Gasteiger partial charge in [0.25, 0.3) is 11.1 Å². The SMILES string of the molecule is Cc1ccc(CN2C(=O)S/C(=C\c3ccc(N)cc3)C2=O)cc1. The van der Waals surface area contributed by atoms with Crippen LogP contribution in [0.3, 0.4) is 0 Å². The third-order valence-corrected chi connectivity index (χ3v) is 4.48. The third kappa shape index (κ3) is 3.46. The van der Waals surface area contributed by atoms with Crippen molar-refractivity contribution in [3.63, 3.8) is 0 Å². The first-order chi connectivity index (χ1) is 11.0. The highest BCUT2D eigenvalue weighted by atomic mass is 32.2. The van der Waals surface area contributed by atoms with E-state index in [0.29, 0.717) is 17.1 Å². The molecule has 2 aromatic carbocycles. The zero-order valence-corrected chi connectivity index (χ0v) is 13.5. The average molecular weight is 324 g/mol. The first-order valence-electron chi connectivity index (χ1n) is 7.19. The first kappa shape index (κ1) is 15.4. The minimum atomic E-state index is -0.252. The van der Waals surface area contributed by atoms with E-state index in [1.807, 2.05) is 43.3 Å². The summed E-state index contributed by atoms with van der Waals surface area (Å²) in [6.07, 6.45) is 1.72. The Morgan fingerprint density at radius 3 is 2.35 bits per heavy atom. The maximum Gasteiger partial charge on any atom is 0.293 e. The second-order valence-corrected chi connectivity index (χ2v) is 6.41. The highest BCUT2D eigenvalue weighted by molar-refractivity contribution is 8.18. The molecule has 0 bridgehead atoms. The summed E-state index contributed by atoms with van der Waals surface area (Å²) in [5.41, 5.74) is 9.24. The third-order valence-electron chi connectivity index (χ3n) is 3.57. The fourth-order valence-corrected chi connectivity index (χ4v) is 3.09. The van der Waals surface area contributed by atoms with Gasteiger partial charge in [-0.2, -0.15) is 0 Å². The summed E-state index contributed by atoms with van der Waals surface area (Å²) in [5.74, 6) is -0.252. The fourth-order valence-electron chi connectivity index (χ4n) is 2.26. The maximum atomic E-state index is 12.4. The molecule has 116 valence electrons. The van der Waals surface area contributed by atoms with Gasteiger partial charge in [-0.05, 0) is 48.0 Å². The van der Waals surface area contributed by atoms with Crippen molar-refractivity contribution in [1.29, 1.82) is 0 Å². The van der Waals surface area contributed by atoms with Crippen molar-refractivity contribution in [2.24, 2.45) is 0 Å². The Morgan fingerprint density at radius 2 is 1.70 bits per heavy atom. The second-order valence-electron chi connectivity index (χ2n) is 5.42. The van der Waals surface area contributed by atoms with Gasteiger partial charge >= 0.3 is 0 Å². The predicted molar refractivity (Wildman–Crippen MR) is 93.5 cm³/mol. The molecule has 2 amide bonds. The molecule has 0 atom stereocenters. The van der Waals surface area contributed by atoms with Crippen LogP contribution in [-0.4, -0.2) is 16.0 Å². The molecule has 0 aliphatic carbocycles. The molecule has 1 fully saturated rings. The van der Waals surface area contributed by atoms with Gasteiger partial charge < -0.3 is 5.73 Å². The van der Waals surface area contributed by atoms with Crippen LogP contribution in [0, 0.1) is 6.92 Å². The Bertz CT molecular complexity index is 780. The molecule has 5 heteroatoms. The molecule has 0 unspecified atom stereocenters. The molecule has 0 aromatic heterocycles. The van der Waals surface area contributed by atoms with Crippen molar-refractivity contribution in [3.05, 3.63) is 70.1 Å². The summed E-state index contributed by atoms with van der Waals surface area (Å²) in [6.45, 7) is 2.29. The molecule has 2 aromatic rings. The zero-order valence-electron chi connectivity index (χ0n) is 12.7. The van der Waals surface area contributed by atoms with Gasteiger partial charge in [-0.3, -0.25) is 14.5 Å². The van der Waals surface area contributed by atoms with Crippen LogP contribution in [0.15, 0.2) is 53.4 Å². The number of imide groups is 1. The molecule has 4 nitrogen and oxygen atoms in total. The Labute approximate surface area is 139 Å². The van der Waals surface area contributed by atoms with Crippen molar-refractivity contribution >= 4 is 34.7 Å². The topological polar surface area (TPSA) is 63.4 Å². The van der Waals surface area contributed by atoms with Gasteiger partial charge in [0.15, 0.2) is 0 Å². The van der Waals surface area contributed by atoms with Gasteiger partial charge in [-0.1, -0.05) is 42.0 Å². The van der Waals surface area contributed by atoms with Crippen molar-refractivity contribution in [2.45, 2.75) is 13.5 Å². The molecule has 0 saturated carbocycles. The van der Waals surface area contributed by atoms with Crippen molar-refractivity contribution in [2.75, 3.05) is 5.73 Å². The van der Waals surface area contributed by atoms with Crippen LogP contribution in [0.25, 0.3) is 6.08 Å². The molecular formula is C18H16N2O2S. The van der Waals surface area contributed by atoms with E-state index in [0.717, 1.165) is 28.5 Å². The Kier molecular flexibility index (Phi) is 4.21. The smallest absolute Gasteiger partial charge is 0.293 e. The van der Waals surface area contributed by atoms with E-state index in [-0.39, 0.29) is 11.1 Å². The van der Waals surface area contributed by atoms with E-state index >= 15 is 0 Å². The Hall–Kier alpha value is -2.53. The minimum absolute atomic E-state index is 0.239. The van der Waals surface area contributed by atoms with Gasteiger partial charge in [0.1, 0.15) is 0 Å². The summed E-state index contributed by atoms with van der Waals surface area (Å²) in [6, 6.07) is 15.0. The number of rotatable bonds is 3. The molecule has 1 aliphatic rings. The first-order valence-corrected chi connectivity index (χ1v) is 8.01. The maximum absolute atomic E-state index is 12.4. The number of carbonyl (C=O) groups is 2. The number of hydrogen-bond acceptors (Lipinski definition) is 4. The lowest BCUT2D eigenvalue weighted by Crippen LogP contribution is -2.27. The van der Waals surface area contributed by atoms with Gasteiger partial charge in [-0.15, -0.1) is 0 Å². The predicted octanol–water partition coefficient (Wildman–Crippen LogP) is 3.81.